The molecule has 7 heteroatoms. The molecule has 0 heterocycles. The number of hydrazone groups is 1. The van der Waals surface area contributed by atoms with Gasteiger partial charge in [0.05, 0.1) is 10.6 Å². The molecule has 0 aliphatic rings. The summed E-state index contributed by atoms with van der Waals surface area (Å²) in [5.41, 5.74) is 4.73. The van der Waals surface area contributed by atoms with Crippen molar-refractivity contribution >= 4 is 28.7 Å². The van der Waals surface area contributed by atoms with E-state index in [1.807, 2.05) is 13.8 Å². The van der Waals surface area contributed by atoms with Crippen LogP contribution < -0.4 is 10.7 Å². The number of nitro benzene ring substituents is 1. The molecular weight excluding hydrogens is 276 g/mol. The van der Waals surface area contributed by atoms with Crippen LogP contribution in [-0.2, 0) is 0 Å². The van der Waals surface area contributed by atoms with Gasteiger partial charge in [0.2, 0.25) is 0 Å². The molecule has 0 aliphatic carbocycles. The van der Waals surface area contributed by atoms with Gasteiger partial charge in [-0.2, -0.15) is 5.10 Å². The third-order valence-electron chi connectivity index (χ3n) is 2.57. The van der Waals surface area contributed by atoms with E-state index < -0.39 is 4.92 Å². The summed E-state index contributed by atoms with van der Waals surface area (Å²) in [6.07, 6.45) is 0. The molecule has 0 saturated heterocycles. The minimum absolute atomic E-state index is 0.0833. The Bertz CT molecular complexity index is 555. The normalized spacial score (nSPS) is 11.3. The Balaban J connectivity index is 2.87. The third kappa shape index (κ3) is 4.58. The van der Waals surface area contributed by atoms with Crippen molar-refractivity contribution in [3.63, 3.8) is 0 Å². The number of hydrogen-bond donors (Lipinski definition) is 2. The van der Waals surface area contributed by atoms with E-state index in [-0.39, 0.29) is 11.7 Å². The fourth-order valence-corrected chi connectivity index (χ4v) is 1.81. The van der Waals surface area contributed by atoms with Gasteiger partial charge in [0, 0.05) is 23.2 Å². The molecule has 0 radical (unpaired) electrons. The lowest BCUT2D eigenvalue weighted by Crippen LogP contribution is -2.37. The SMILES string of the molecule is CC(=NNC(=S)NC(C)C)c1ccc(C)c([N+](=O)[O-])c1. The third-order valence-corrected chi connectivity index (χ3v) is 2.78. The lowest BCUT2D eigenvalue weighted by atomic mass is 10.1. The summed E-state index contributed by atoms with van der Waals surface area (Å²) >= 11 is 5.05. The second-order valence-electron chi connectivity index (χ2n) is 4.70. The topological polar surface area (TPSA) is 79.6 Å². The molecule has 0 fully saturated rings. The molecule has 0 spiro atoms. The predicted octanol–water partition coefficient (Wildman–Crippen LogP) is 2.50. The molecule has 1 aromatic carbocycles. The molecule has 1 aromatic rings. The lowest BCUT2D eigenvalue weighted by Gasteiger charge is -2.10. The van der Waals surface area contributed by atoms with Crippen LogP contribution in [0, 0.1) is 17.0 Å². The van der Waals surface area contributed by atoms with Gasteiger partial charge in [-0.1, -0.05) is 12.1 Å². The summed E-state index contributed by atoms with van der Waals surface area (Å²) in [5, 5.41) is 18.4. The number of benzene rings is 1. The molecule has 108 valence electrons. The quantitative estimate of drug-likeness (QED) is 0.386. The summed E-state index contributed by atoms with van der Waals surface area (Å²) < 4.78 is 0. The van der Waals surface area contributed by atoms with Crippen molar-refractivity contribution in [2.24, 2.45) is 5.10 Å². The van der Waals surface area contributed by atoms with E-state index in [1.54, 1.807) is 26.0 Å². The molecule has 2 N–H and O–H groups in total. The first-order chi connectivity index (χ1) is 9.31. The number of hydrogen-bond acceptors (Lipinski definition) is 4. The van der Waals surface area contributed by atoms with Gasteiger partial charge in [0.1, 0.15) is 0 Å². The van der Waals surface area contributed by atoms with Gasteiger partial charge < -0.3 is 5.32 Å². The van der Waals surface area contributed by atoms with Crippen molar-refractivity contribution in [1.29, 1.82) is 0 Å². The number of rotatable bonds is 4. The fraction of sp³-hybridized carbons (Fsp3) is 0.385. The van der Waals surface area contributed by atoms with Crippen LogP contribution in [0.25, 0.3) is 0 Å². The van der Waals surface area contributed by atoms with Gasteiger partial charge in [-0.25, -0.2) is 0 Å². The number of thiocarbonyl (C=S) groups is 1. The van der Waals surface area contributed by atoms with E-state index >= 15 is 0 Å². The van der Waals surface area contributed by atoms with Crippen molar-refractivity contribution in [3.05, 3.63) is 39.4 Å². The summed E-state index contributed by atoms with van der Waals surface area (Å²) in [7, 11) is 0. The Morgan fingerprint density at radius 1 is 1.45 bits per heavy atom. The van der Waals surface area contributed by atoms with Crippen LogP contribution in [0.1, 0.15) is 31.9 Å². The standard InChI is InChI=1S/C13H18N4O2S/c1-8(2)14-13(20)16-15-10(4)11-6-5-9(3)12(7-11)17(18)19/h5-8H,1-4H3,(H2,14,16,20). The van der Waals surface area contributed by atoms with Crippen LogP contribution in [0.5, 0.6) is 0 Å². The number of nitro groups is 1. The highest BCUT2D eigenvalue weighted by molar-refractivity contribution is 7.80. The summed E-state index contributed by atoms with van der Waals surface area (Å²) in [5.74, 6) is 0. The monoisotopic (exact) mass is 294 g/mol. The highest BCUT2D eigenvalue weighted by Gasteiger charge is 2.12. The van der Waals surface area contributed by atoms with Gasteiger partial charge in [0.15, 0.2) is 5.11 Å². The van der Waals surface area contributed by atoms with Gasteiger partial charge in [-0.05, 0) is 39.9 Å². The maximum atomic E-state index is 10.9. The fourth-order valence-electron chi connectivity index (χ4n) is 1.52. The molecule has 0 aliphatic heterocycles. The molecule has 0 bridgehead atoms. The molecule has 0 unspecified atom stereocenters. The number of nitrogens with one attached hydrogen (secondary N) is 2. The molecule has 20 heavy (non-hydrogen) atoms. The second kappa shape index (κ2) is 6.95. The second-order valence-corrected chi connectivity index (χ2v) is 5.10. The molecule has 0 amide bonds. The van der Waals surface area contributed by atoms with Crippen LogP contribution in [-0.4, -0.2) is 21.8 Å². The van der Waals surface area contributed by atoms with Crippen molar-refractivity contribution in [3.8, 4) is 0 Å². The van der Waals surface area contributed by atoms with Crippen LogP contribution >= 0.6 is 12.2 Å². The van der Waals surface area contributed by atoms with Gasteiger partial charge in [-0.3, -0.25) is 15.5 Å². The Kier molecular flexibility index (Phi) is 5.57. The Labute approximate surface area is 123 Å². The zero-order valence-corrected chi connectivity index (χ0v) is 12.7. The average molecular weight is 294 g/mol. The van der Waals surface area contributed by atoms with Crippen LogP contribution in [0.3, 0.4) is 0 Å². The van der Waals surface area contributed by atoms with E-state index in [1.165, 1.54) is 6.07 Å². The highest BCUT2D eigenvalue weighted by Crippen LogP contribution is 2.19. The summed E-state index contributed by atoms with van der Waals surface area (Å²) in [6.45, 7) is 7.40. The summed E-state index contributed by atoms with van der Waals surface area (Å²) in [6, 6.07) is 5.22. The first-order valence-corrected chi connectivity index (χ1v) is 6.58. The number of nitrogens with zero attached hydrogens (tertiary/aromatic N) is 2. The maximum absolute atomic E-state index is 10.9. The van der Waals surface area contributed by atoms with Crippen LogP contribution in [0.2, 0.25) is 0 Å². The van der Waals surface area contributed by atoms with E-state index in [2.05, 4.69) is 15.8 Å². The van der Waals surface area contributed by atoms with Crippen LogP contribution in [0.4, 0.5) is 5.69 Å². The molecule has 6 nitrogen and oxygen atoms in total. The largest absolute Gasteiger partial charge is 0.359 e. The first-order valence-electron chi connectivity index (χ1n) is 6.17. The highest BCUT2D eigenvalue weighted by atomic mass is 32.1. The molecular formula is C13H18N4O2S. The van der Waals surface area contributed by atoms with E-state index in [9.17, 15) is 10.1 Å². The molecule has 0 atom stereocenters. The van der Waals surface area contributed by atoms with E-state index in [0.717, 1.165) is 0 Å². The Morgan fingerprint density at radius 2 is 2.10 bits per heavy atom. The van der Waals surface area contributed by atoms with Crippen LogP contribution in [0.15, 0.2) is 23.3 Å². The predicted molar refractivity (Wildman–Crippen MR) is 84.0 cm³/mol. The van der Waals surface area contributed by atoms with Crippen molar-refractivity contribution < 1.29 is 4.92 Å². The van der Waals surface area contributed by atoms with Gasteiger partial charge >= 0.3 is 0 Å². The van der Waals surface area contributed by atoms with E-state index in [0.29, 0.717) is 22.0 Å². The number of aryl methyl sites for hydroxylation is 1. The lowest BCUT2D eigenvalue weighted by molar-refractivity contribution is -0.385. The zero-order chi connectivity index (χ0) is 15.3. The van der Waals surface area contributed by atoms with Crippen molar-refractivity contribution in [1.82, 2.24) is 10.7 Å². The Morgan fingerprint density at radius 3 is 2.65 bits per heavy atom. The van der Waals surface area contributed by atoms with E-state index in [4.69, 9.17) is 12.2 Å². The first kappa shape index (κ1) is 16.0. The summed E-state index contributed by atoms with van der Waals surface area (Å²) in [4.78, 5) is 10.5. The Hall–Kier alpha value is -2.02. The smallest absolute Gasteiger partial charge is 0.272 e. The van der Waals surface area contributed by atoms with Crippen molar-refractivity contribution in [2.45, 2.75) is 33.7 Å². The average Bonchev–Trinajstić information content (AvgIpc) is 2.35. The zero-order valence-electron chi connectivity index (χ0n) is 11.9. The van der Waals surface area contributed by atoms with Gasteiger partial charge in [-0.15, -0.1) is 0 Å². The maximum Gasteiger partial charge on any atom is 0.272 e. The minimum atomic E-state index is -0.398. The molecule has 1 rings (SSSR count). The van der Waals surface area contributed by atoms with Crippen molar-refractivity contribution in [2.75, 3.05) is 0 Å². The molecule has 0 saturated carbocycles. The molecule has 0 aromatic heterocycles. The van der Waals surface area contributed by atoms with Gasteiger partial charge in [0.25, 0.3) is 5.69 Å². The minimum Gasteiger partial charge on any atom is -0.359 e.